The number of benzene rings is 1. The Labute approximate surface area is 82.6 Å². The molecule has 1 aromatic carbocycles. The average Bonchev–Trinajstić information content (AvgIpc) is 2.02. The molecule has 1 rings (SSSR count). The summed E-state index contributed by atoms with van der Waals surface area (Å²) in [6.07, 6.45) is 0. The summed E-state index contributed by atoms with van der Waals surface area (Å²) in [5.41, 5.74) is 0.812. The number of carbonyl (C=O) groups excluding carboxylic acids is 1. The molecule has 0 fully saturated rings. The fourth-order valence-corrected chi connectivity index (χ4v) is 1.27. The Morgan fingerprint density at radius 2 is 1.86 bits per heavy atom. The van der Waals surface area contributed by atoms with Gasteiger partial charge in [-0.15, -0.1) is 0 Å². The van der Waals surface area contributed by atoms with Crippen LogP contribution in [0.5, 0.6) is 5.75 Å². The van der Waals surface area contributed by atoms with Crippen molar-refractivity contribution in [3.05, 3.63) is 24.3 Å². The van der Waals surface area contributed by atoms with E-state index in [0.717, 1.165) is 5.69 Å². The highest BCUT2D eigenvalue weighted by Gasteiger charge is 2.18. The molecule has 0 unspecified atom stereocenters. The Balaban J connectivity index is 2.91. The average molecular weight is 195 g/mol. The molecule has 0 saturated carbocycles. The second-order valence-electron chi connectivity index (χ2n) is 3.73. The van der Waals surface area contributed by atoms with Crippen molar-refractivity contribution in [3.8, 4) is 5.75 Å². The van der Waals surface area contributed by atoms with Gasteiger partial charge in [-0.2, -0.15) is 0 Å². The number of aliphatic carboxylic acids is 1. The molecule has 1 N–H and O–H groups in total. The molecule has 0 spiro atoms. The molecule has 0 heterocycles. The van der Waals surface area contributed by atoms with Crippen LogP contribution in [0.15, 0.2) is 24.3 Å². The Hall–Kier alpha value is -1.55. The van der Waals surface area contributed by atoms with E-state index in [0.29, 0.717) is 0 Å². The van der Waals surface area contributed by atoms with Crippen LogP contribution in [0, 0.1) is 0 Å². The molecule has 0 aliphatic heterocycles. The van der Waals surface area contributed by atoms with Crippen LogP contribution in [0.25, 0.3) is 0 Å². The molecule has 0 aromatic heterocycles. The van der Waals surface area contributed by atoms with E-state index < -0.39 is 5.97 Å². The van der Waals surface area contributed by atoms with Crippen LogP contribution < -0.4 is 9.59 Å². The fraction of sp³-hybridized carbons (Fsp3) is 0.300. The van der Waals surface area contributed by atoms with Gasteiger partial charge in [0.05, 0.1) is 20.1 Å². The molecule has 76 valence electrons. The number of aromatic hydroxyl groups is 1. The first kappa shape index (κ1) is 10.5. The van der Waals surface area contributed by atoms with Crippen LogP contribution in [-0.4, -0.2) is 31.7 Å². The van der Waals surface area contributed by atoms with E-state index in [-0.39, 0.29) is 16.8 Å². The first-order valence-corrected chi connectivity index (χ1v) is 4.24. The van der Waals surface area contributed by atoms with E-state index in [4.69, 9.17) is 5.11 Å². The quantitative estimate of drug-likeness (QED) is 0.674. The number of nitrogens with zero attached hydrogens (tertiary/aromatic N) is 1. The number of phenols is 1. The zero-order chi connectivity index (χ0) is 10.8. The molecule has 0 atom stereocenters. The molecule has 14 heavy (non-hydrogen) atoms. The molecule has 0 amide bonds. The van der Waals surface area contributed by atoms with Gasteiger partial charge in [0.15, 0.2) is 0 Å². The van der Waals surface area contributed by atoms with E-state index in [1.54, 1.807) is 26.2 Å². The summed E-state index contributed by atoms with van der Waals surface area (Å²) in [6.45, 7) is -0.0925. The minimum Gasteiger partial charge on any atom is -0.544 e. The van der Waals surface area contributed by atoms with Crippen molar-refractivity contribution in [2.45, 2.75) is 0 Å². The van der Waals surface area contributed by atoms with Gasteiger partial charge in [0.25, 0.3) is 0 Å². The van der Waals surface area contributed by atoms with Crippen molar-refractivity contribution in [3.63, 3.8) is 0 Å². The Bertz CT molecular complexity index is 330. The largest absolute Gasteiger partial charge is 0.544 e. The lowest BCUT2D eigenvalue weighted by Gasteiger charge is -2.29. The van der Waals surface area contributed by atoms with Gasteiger partial charge in [-0.25, -0.2) is 0 Å². The number of carbonyl (C=O) groups is 1. The Morgan fingerprint density at radius 3 is 2.29 bits per heavy atom. The molecule has 4 heteroatoms. The number of phenolic OH excluding ortho intramolecular Hbond substituents is 1. The van der Waals surface area contributed by atoms with Crippen LogP contribution in [0.1, 0.15) is 0 Å². The normalized spacial score (nSPS) is 11.3. The first-order valence-electron chi connectivity index (χ1n) is 4.24. The predicted molar refractivity (Wildman–Crippen MR) is 51.6 cm³/mol. The highest BCUT2D eigenvalue weighted by atomic mass is 16.4. The number of likely N-dealkylation sites (N-methyl/N-ethyl adjacent to an activating group) is 1. The summed E-state index contributed by atoms with van der Waals surface area (Å²) in [4.78, 5) is 10.5. The summed E-state index contributed by atoms with van der Waals surface area (Å²) in [6, 6.07) is 6.45. The standard InChI is InChI=1S/C10H13NO3/c1-11(2,7-10(13)14)8-3-5-9(12)6-4-8/h3-6H,7H2,1-2H3,(H-,12,13,14). The first-order chi connectivity index (χ1) is 6.42. The maximum Gasteiger partial charge on any atom is 0.132 e. The summed E-state index contributed by atoms with van der Waals surface area (Å²) in [7, 11) is 3.53. The van der Waals surface area contributed by atoms with Crippen molar-refractivity contribution in [1.29, 1.82) is 0 Å². The van der Waals surface area contributed by atoms with Crippen LogP contribution >= 0.6 is 0 Å². The molecule has 1 aromatic rings. The van der Waals surface area contributed by atoms with Gasteiger partial charge < -0.3 is 15.0 Å². The second kappa shape index (κ2) is 3.67. The van der Waals surface area contributed by atoms with Gasteiger partial charge in [-0.1, -0.05) is 0 Å². The fourth-order valence-electron chi connectivity index (χ4n) is 1.27. The number of carboxylic acids is 1. The van der Waals surface area contributed by atoms with Gasteiger partial charge in [-0.3, -0.25) is 4.48 Å². The zero-order valence-corrected chi connectivity index (χ0v) is 8.23. The van der Waals surface area contributed by atoms with Crippen molar-refractivity contribution in [1.82, 2.24) is 4.48 Å². The van der Waals surface area contributed by atoms with E-state index in [9.17, 15) is 9.90 Å². The van der Waals surface area contributed by atoms with Gasteiger partial charge in [0.1, 0.15) is 18.0 Å². The van der Waals surface area contributed by atoms with Crippen molar-refractivity contribution < 1.29 is 15.0 Å². The Morgan fingerprint density at radius 1 is 1.36 bits per heavy atom. The van der Waals surface area contributed by atoms with Crippen molar-refractivity contribution in [2.24, 2.45) is 0 Å². The van der Waals surface area contributed by atoms with Crippen LogP contribution in [-0.2, 0) is 4.79 Å². The molecular weight excluding hydrogens is 182 g/mol. The van der Waals surface area contributed by atoms with E-state index in [1.807, 2.05) is 0 Å². The van der Waals surface area contributed by atoms with E-state index in [2.05, 4.69) is 0 Å². The lowest BCUT2D eigenvalue weighted by atomic mass is 10.2. The highest BCUT2D eigenvalue weighted by molar-refractivity contribution is 5.69. The van der Waals surface area contributed by atoms with Crippen molar-refractivity contribution >= 4 is 11.7 Å². The maximum absolute atomic E-state index is 10.5. The van der Waals surface area contributed by atoms with Gasteiger partial charge >= 0.3 is 0 Å². The monoisotopic (exact) mass is 195 g/mol. The number of rotatable bonds is 3. The van der Waals surface area contributed by atoms with Gasteiger partial charge in [-0.05, 0) is 12.1 Å². The van der Waals surface area contributed by atoms with Crippen molar-refractivity contribution in [2.75, 3.05) is 20.6 Å². The number of quaternary nitrogens is 1. The lowest BCUT2D eigenvalue weighted by Crippen LogP contribution is -2.49. The second-order valence-corrected chi connectivity index (χ2v) is 3.73. The molecule has 0 aliphatic carbocycles. The van der Waals surface area contributed by atoms with Gasteiger partial charge in [0, 0.05) is 12.1 Å². The molecule has 0 radical (unpaired) electrons. The van der Waals surface area contributed by atoms with Gasteiger partial charge in [0.2, 0.25) is 0 Å². The summed E-state index contributed by atoms with van der Waals surface area (Å²) in [5.74, 6) is -0.926. The third kappa shape index (κ3) is 2.47. The molecular formula is C10H13NO3. The lowest BCUT2D eigenvalue weighted by molar-refractivity contribution is -0.305. The maximum atomic E-state index is 10.5. The topological polar surface area (TPSA) is 60.4 Å². The predicted octanol–water partition coefficient (Wildman–Crippen LogP) is -0.291. The Kier molecular flexibility index (Phi) is 2.76. The molecule has 0 bridgehead atoms. The minimum atomic E-state index is -1.09. The summed E-state index contributed by atoms with van der Waals surface area (Å²) in [5, 5.41) is 19.5. The van der Waals surface area contributed by atoms with Crippen LogP contribution in [0.2, 0.25) is 0 Å². The summed E-state index contributed by atoms with van der Waals surface area (Å²) >= 11 is 0. The molecule has 4 nitrogen and oxygen atoms in total. The van der Waals surface area contributed by atoms with Crippen LogP contribution in [0.4, 0.5) is 5.69 Å². The number of hydrogen-bond donors (Lipinski definition) is 1. The SMILES string of the molecule is C[N+](C)(CC(=O)[O-])c1ccc(O)cc1. The van der Waals surface area contributed by atoms with E-state index >= 15 is 0 Å². The van der Waals surface area contributed by atoms with Crippen LogP contribution in [0.3, 0.4) is 0 Å². The third-order valence-corrected chi connectivity index (χ3v) is 2.07. The van der Waals surface area contributed by atoms with E-state index in [1.165, 1.54) is 12.1 Å². The zero-order valence-electron chi connectivity index (χ0n) is 8.23. The molecule has 0 saturated heterocycles. The molecule has 0 aliphatic rings. The highest BCUT2D eigenvalue weighted by Crippen LogP contribution is 2.21. The number of carboxylic acid groups (broad SMARTS) is 1. The third-order valence-electron chi connectivity index (χ3n) is 2.07. The minimum absolute atomic E-state index is 0.0925. The smallest absolute Gasteiger partial charge is 0.132 e. The number of hydrogen-bond acceptors (Lipinski definition) is 3. The summed E-state index contributed by atoms with van der Waals surface area (Å²) < 4.78 is 0.197.